The van der Waals surface area contributed by atoms with Gasteiger partial charge in [-0.05, 0) is 43.0 Å². The van der Waals surface area contributed by atoms with Crippen LogP contribution in [0.5, 0.6) is 0 Å². The van der Waals surface area contributed by atoms with Crippen LogP contribution in [-0.2, 0) is 10.0 Å². The molecule has 106 valence electrons. The second-order valence-corrected chi connectivity index (χ2v) is 6.78. The first-order valence-corrected chi connectivity index (χ1v) is 7.71. The molecule has 1 rings (SSSR count). The first-order valence-electron chi connectivity index (χ1n) is 6.05. The summed E-state index contributed by atoms with van der Waals surface area (Å²) in [5.41, 5.74) is 1.16. The molecule has 6 heteroatoms. The van der Waals surface area contributed by atoms with Gasteiger partial charge in [-0.1, -0.05) is 13.8 Å². The highest BCUT2D eigenvalue weighted by atomic mass is 32.2. The molecule has 0 aliphatic carbocycles. The third kappa shape index (κ3) is 4.90. The summed E-state index contributed by atoms with van der Waals surface area (Å²) in [6.07, 6.45) is 0.585. The zero-order valence-electron chi connectivity index (χ0n) is 11.3. The number of rotatable bonds is 6. The molecule has 0 heterocycles. The summed E-state index contributed by atoms with van der Waals surface area (Å²) >= 11 is 0. The van der Waals surface area contributed by atoms with Crippen molar-refractivity contribution in [2.24, 2.45) is 5.92 Å². The molecule has 0 saturated carbocycles. The number of sulfonamides is 1. The molecule has 0 atom stereocenters. The Morgan fingerprint density at radius 3 is 2.47 bits per heavy atom. The molecule has 1 aromatic rings. The predicted octanol–water partition coefficient (Wildman–Crippen LogP) is 2.48. The van der Waals surface area contributed by atoms with Crippen molar-refractivity contribution >= 4 is 21.7 Å². The van der Waals surface area contributed by atoms with E-state index >= 15 is 0 Å². The molecule has 0 spiro atoms. The topological polar surface area (TPSA) is 83.5 Å². The van der Waals surface area contributed by atoms with Gasteiger partial charge < -0.3 is 5.11 Å². The Morgan fingerprint density at radius 2 is 2.00 bits per heavy atom. The number of benzene rings is 1. The summed E-state index contributed by atoms with van der Waals surface area (Å²) in [5, 5.41) is 8.84. The predicted molar refractivity (Wildman–Crippen MR) is 75.0 cm³/mol. The molecule has 2 N–H and O–H groups in total. The summed E-state index contributed by atoms with van der Waals surface area (Å²) in [5.74, 6) is -0.658. The summed E-state index contributed by atoms with van der Waals surface area (Å²) < 4.78 is 26.2. The molecule has 5 nitrogen and oxygen atoms in total. The summed E-state index contributed by atoms with van der Waals surface area (Å²) in [6, 6.07) is 4.31. The number of nitrogens with one attached hydrogen (secondary N) is 1. The Hall–Kier alpha value is -1.56. The van der Waals surface area contributed by atoms with Crippen molar-refractivity contribution in [3.8, 4) is 0 Å². The third-order valence-electron chi connectivity index (χ3n) is 2.70. The van der Waals surface area contributed by atoms with Crippen LogP contribution >= 0.6 is 0 Å². The molecule has 19 heavy (non-hydrogen) atoms. The molecule has 0 saturated heterocycles. The number of carbonyl (C=O) groups is 1. The van der Waals surface area contributed by atoms with Crippen molar-refractivity contribution in [3.63, 3.8) is 0 Å². The second kappa shape index (κ2) is 6.06. The molecular formula is C13H19NO4S. The Bertz CT molecular complexity index is 564. The van der Waals surface area contributed by atoms with Gasteiger partial charge in [-0.2, -0.15) is 0 Å². The highest BCUT2D eigenvalue weighted by molar-refractivity contribution is 7.92. The van der Waals surface area contributed by atoms with Gasteiger partial charge in [0.05, 0.1) is 17.0 Å². The van der Waals surface area contributed by atoms with Crippen LogP contribution in [0.4, 0.5) is 5.69 Å². The maximum absolute atomic E-state index is 11.8. The first-order chi connectivity index (χ1) is 8.71. The standard InChI is InChI=1S/C13H19NO4S/c1-9(2)6-7-19(17,18)14-12-5-4-11(13(15)16)8-10(12)3/h4-5,8-9,14H,6-7H2,1-3H3,(H,15,16). The Balaban J connectivity index is 2.85. The monoisotopic (exact) mass is 285 g/mol. The van der Waals surface area contributed by atoms with Gasteiger partial charge in [-0.25, -0.2) is 13.2 Å². The van der Waals surface area contributed by atoms with E-state index in [9.17, 15) is 13.2 Å². The minimum absolute atomic E-state index is 0.0603. The van der Waals surface area contributed by atoms with Crippen molar-refractivity contribution in [1.29, 1.82) is 0 Å². The van der Waals surface area contributed by atoms with Crippen LogP contribution in [0.2, 0.25) is 0 Å². The van der Waals surface area contributed by atoms with E-state index < -0.39 is 16.0 Å². The fraction of sp³-hybridized carbons (Fsp3) is 0.462. The van der Waals surface area contributed by atoms with Crippen LogP contribution in [0.15, 0.2) is 18.2 Å². The van der Waals surface area contributed by atoms with Gasteiger partial charge in [0.2, 0.25) is 10.0 Å². The van der Waals surface area contributed by atoms with Gasteiger partial charge in [0.25, 0.3) is 0 Å². The number of carboxylic acids is 1. The van der Waals surface area contributed by atoms with E-state index in [0.29, 0.717) is 23.6 Å². The molecule has 0 fully saturated rings. The molecule has 0 aliphatic rings. The lowest BCUT2D eigenvalue weighted by atomic mass is 10.1. The Kier molecular flexibility index (Phi) is 4.94. The number of hydrogen-bond donors (Lipinski definition) is 2. The average molecular weight is 285 g/mol. The van der Waals surface area contributed by atoms with E-state index in [0.717, 1.165) is 0 Å². The molecule has 0 aromatic heterocycles. The Morgan fingerprint density at radius 1 is 1.37 bits per heavy atom. The van der Waals surface area contributed by atoms with Crippen LogP contribution in [0, 0.1) is 12.8 Å². The van der Waals surface area contributed by atoms with Crippen molar-refractivity contribution in [3.05, 3.63) is 29.3 Å². The lowest BCUT2D eigenvalue weighted by Crippen LogP contribution is -2.18. The normalized spacial score (nSPS) is 11.6. The maximum atomic E-state index is 11.8. The molecular weight excluding hydrogens is 266 g/mol. The van der Waals surface area contributed by atoms with Gasteiger partial charge in [0.15, 0.2) is 0 Å². The molecule has 0 aliphatic heterocycles. The van der Waals surface area contributed by atoms with Crippen molar-refractivity contribution in [2.45, 2.75) is 27.2 Å². The van der Waals surface area contributed by atoms with E-state index in [4.69, 9.17) is 5.11 Å². The molecule has 0 bridgehead atoms. The average Bonchev–Trinajstić information content (AvgIpc) is 2.29. The number of aromatic carboxylic acids is 1. The fourth-order valence-corrected chi connectivity index (χ4v) is 2.97. The van der Waals surface area contributed by atoms with Crippen LogP contribution in [-0.4, -0.2) is 25.2 Å². The second-order valence-electron chi connectivity index (χ2n) is 4.94. The molecule has 0 radical (unpaired) electrons. The number of carboxylic acid groups (broad SMARTS) is 1. The summed E-state index contributed by atoms with van der Waals surface area (Å²) in [7, 11) is -3.38. The lowest BCUT2D eigenvalue weighted by molar-refractivity contribution is 0.0697. The molecule has 1 aromatic carbocycles. The lowest BCUT2D eigenvalue weighted by Gasteiger charge is -2.12. The van der Waals surface area contributed by atoms with E-state index in [1.807, 2.05) is 13.8 Å². The van der Waals surface area contributed by atoms with E-state index in [2.05, 4.69) is 4.72 Å². The van der Waals surface area contributed by atoms with Crippen LogP contribution in [0.3, 0.4) is 0 Å². The zero-order chi connectivity index (χ0) is 14.6. The van der Waals surface area contributed by atoms with E-state index in [1.165, 1.54) is 18.2 Å². The van der Waals surface area contributed by atoms with Crippen LogP contribution < -0.4 is 4.72 Å². The van der Waals surface area contributed by atoms with E-state index in [-0.39, 0.29) is 11.3 Å². The first kappa shape index (κ1) is 15.5. The van der Waals surface area contributed by atoms with E-state index in [1.54, 1.807) is 6.92 Å². The number of hydrogen-bond acceptors (Lipinski definition) is 3. The van der Waals surface area contributed by atoms with Gasteiger partial charge in [-0.15, -0.1) is 0 Å². The Labute approximate surface area is 113 Å². The molecule has 0 unspecified atom stereocenters. The van der Waals surface area contributed by atoms with Crippen molar-refractivity contribution in [1.82, 2.24) is 0 Å². The fourth-order valence-electron chi connectivity index (χ4n) is 1.52. The number of anilines is 1. The summed E-state index contributed by atoms with van der Waals surface area (Å²) in [6.45, 7) is 5.59. The minimum Gasteiger partial charge on any atom is -0.478 e. The largest absolute Gasteiger partial charge is 0.478 e. The summed E-state index contributed by atoms with van der Waals surface area (Å²) in [4.78, 5) is 10.8. The van der Waals surface area contributed by atoms with Crippen molar-refractivity contribution < 1.29 is 18.3 Å². The van der Waals surface area contributed by atoms with Crippen LogP contribution in [0.1, 0.15) is 36.2 Å². The minimum atomic E-state index is -3.38. The zero-order valence-corrected chi connectivity index (χ0v) is 12.1. The highest BCUT2D eigenvalue weighted by Crippen LogP contribution is 2.18. The van der Waals surface area contributed by atoms with Gasteiger partial charge >= 0.3 is 5.97 Å². The van der Waals surface area contributed by atoms with Gasteiger partial charge in [0, 0.05) is 0 Å². The third-order valence-corrected chi connectivity index (χ3v) is 4.01. The maximum Gasteiger partial charge on any atom is 0.335 e. The van der Waals surface area contributed by atoms with Crippen molar-refractivity contribution in [2.75, 3.05) is 10.5 Å². The molecule has 0 amide bonds. The van der Waals surface area contributed by atoms with Crippen LogP contribution in [0.25, 0.3) is 0 Å². The SMILES string of the molecule is Cc1cc(C(=O)O)ccc1NS(=O)(=O)CCC(C)C. The number of aryl methyl sites for hydroxylation is 1. The quantitative estimate of drug-likeness (QED) is 0.841. The van der Waals surface area contributed by atoms with Gasteiger partial charge in [0.1, 0.15) is 0 Å². The smallest absolute Gasteiger partial charge is 0.335 e. The highest BCUT2D eigenvalue weighted by Gasteiger charge is 2.13. The van der Waals surface area contributed by atoms with Gasteiger partial charge in [-0.3, -0.25) is 4.72 Å².